The molecule has 0 radical (unpaired) electrons. The number of rotatable bonds is 7. The van der Waals surface area contributed by atoms with Gasteiger partial charge in [-0.3, -0.25) is 14.4 Å². The molecule has 0 aliphatic carbocycles. The van der Waals surface area contributed by atoms with Crippen molar-refractivity contribution in [3.8, 4) is 0 Å². The number of hydrogen-bond acceptors (Lipinski definition) is 3. The molecule has 0 spiro atoms. The Bertz CT molecular complexity index is 831. The molecule has 6 heteroatoms. The first-order valence-electron chi connectivity index (χ1n) is 8.91. The van der Waals surface area contributed by atoms with Gasteiger partial charge >= 0.3 is 0 Å². The van der Waals surface area contributed by atoms with Crippen molar-refractivity contribution in [3.63, 3.8) is 0 Å². The van der Waals surface area contributed by atoms with Crippen LogP contribution >= 0.6 is 0 Å². The van der Waals surface area contributed by atoms with E-state index in [1.807, 2.05) is 32.9 Å². The second kappa shape index (κ2) is 9.52. The van der Waals surface area contributed by atoms with Gasteiger partial charge in [-0.15, -0.1) is 0 Å². The van der Waals surface area contributed by atoms with Crippen molar-refractivity contribution < 1.29 is 14.4 Å². The lowest BCUT2D eigenvalue weighted by molar-refractivity contribution is -0.121. The van der Waals surface area contributed by atoms with Gasteiger partial charge in [-0.05, 0) is 45.0 Å². The van der Waals surface area contributed by atoms with Crippen LogP contribution in [-0.4, -0.2) is 30.3 Å². The molecule has 2 aromatic carbocycles. The van der Waals surface area contributed by atoms with Crippen molar-refractivity contribution in [1.82, 2.24) is 10.6 Å². The Morgan fingerprint density at radius 1 is 0.963 bits per heavy atom. The molecule has 0 heterocycles. The molecule has 3 amide bonds. The molecule has 0 bridgehead atoms. The normalized spacial score (nSPS) is 10.4. The zero-order valence-electron chi connectivity index (χ0n) is 15.8. The number of amides is 3. The topological polar surface area (TPSA) is 87.3 Å². The van der Waals surface area contributed by atoms with Gasteiger partial charge in [0, 0.05) is 24.6 Å². The lowest BCUT2D eigenvalue weighted by atomic mass is 10.1. The number of nitrogens with one attached hydrogen (secondary N) is 3. The predicted molar refractivity (Wildman–Crippen MR) is 106 cm³/mol. The summed E-state index contributed by atoms with van der Waals surface area (Å²) in [4.78, 5) is 36.5. The zero-order valence-corrected chi connectivity index (χ0v) is 15.8. The Hall–Kier alpha value is -3.15. The van der Waals surface area contributed by atoms with Crippen LogP contribution in [0.15, 0.2) is 48.5 Å². The van der Waals surface area contributed by atoms with Gasteiger partial charge in [-0.2, -0.15) is 0 Å². The van der Waals surface area contributed by atoms with Gasteiger partial charge in [0.25, 0.3) is 11.8 Å². The van der Waals surface area contributed by atoms with Crippen LogP contribution in [0.4, 0.5) is 5.69 Å². The first kappa shape index (κ1) is 20.2. The molecule has 3 N–H and O–H groups in total. The van der Waals surface area contributed by atoms with E-state index in [2.05, 4.69) is 16.0 Å². The number of benzene rings is 2. The van der Waals surface area contributed by atoms with Crippen molar-refractivity contribution in [2.24, 2.45) is 0 Å². The Morgan fingerprint density at radius 2 is 1.70 bits per heavy atom. The number of carbonyl (C=O) groups is 3. The van der Waals surface area contributed by atoms with Crippen LogP contribution in [0.25, 0.3) is 0 Å². The third-order valence-corrected chi connectivity index (χ3v) is 3.79. The van der Waals surface area contributed by atoms with Crippen molar-refractivity contribution in [3.05, 3.63) is 65.2 Å². The number of para-hydroxylation sites is 1. The van der Waals surface area contributed by atoms with Gasteiger partial charge in [0.05, 0.1) is 11.3 Å². The number of carbonyl (C=O) groups excluding carboxylic acids is 3. The SMILES string of the molecule is Cc1cccc(C(=O)Nc2ccccc2C(=O)NCCC(=O)NC(C)C)c1. The fraction of sp³-hybridized carbons (Fsp3) is 0.286. The first-order valence-corrected chi connectivity index (χ1v) is 8.91. The monoisotopic (exact) mass is 367 g/mol. The highest BCUT2D eigenvalue weighted by molar-refractivity contribution is 6.09. The summed E-state index contributed by atoms with van der Waals surface area (Å²) in [7, 11) is 0. The molecule has 0 aliphatic heterocycles. The minimum atomic E-state index is -0.340. The van der Waals surface area contributed by atoms with Crippen LogP contribution in [0, 0.1) is 6.92 Å². The van der Waals surface area contributed by atoms with Crippen molar-refractivity contribution in [1.29, 1.82) is 0 Å². The highest BCUT2D eigenvalue weighted by atomic mass is 16.2. The van der Waals surface area contributed by atoms with E-state index < -0.39 is 0 Å². The fourth-order valence-corrected chi connectivity index (χ4v) is 2.55. The third-order valence-electron chi connectivity index (χ3n) is 3.79. The smallest absolute Gasteiger partial charge is 0.255 e. The average molecular weight is 367 g/mol. The van der Waals surface area contributed by atoms with E-state index in [9.17, 15) is 14.4 Å². The molecule has 0 aliphatic rings. The lowest BCUT2D eigenvalue weighted by Gasteiger charge is -2.12. The van der Waals surface area contributed by atoms with Crippen LogP contribution in [-0.2, 0) is 4.79 Å². The van der Waals surface area contributed by atoms with Crippen molar-refractivity contribution >= 4 is 23.4 Å². The largest absolute Gasteiger partial charge is 0.354 e. The van der Waals surface area contributed by atoms with Gasteiger partial charge in [0.1, 0.15) is 0 Å². The Kier molecular flexibility index (Phi) is 7.11. The molecule has 0 unspecified atom stereocenters. The summed E-state index contributed by atoms with van der Waals surface area (Å²) in [6.07, 6.45) is 0.196. The van der Waals surface area contributed by atoms with Crippen LogP contribution < -0.4 is 16.0 Å². The Labute approximate surface area is 159 Å². The van der Waals surface area contributed by atoms with E-state index in [0.29, 0.717) is 16.8 Å². The first-order chi connectivity index (χ1) is 12.9. The third kappa shape index (κ3) is 6.26. The summed E-state index contributed by atoms with van der Waals surface area (Å²) in [6, 6.07) is 14.1. The van der Waals surface area contributed by atoms with Gasteiger partial charge in [0.15, 0.2) is 0 Å². The number of aryl methyl sites for hydroxylation is 1. The summed E-state index contributed by atoms with van der Waals surface area (Å²) in [5, 5.41) is 8.26. The van der Waals surface area contributed by atoms with E-state index in [4.69, 9.17) is 0 Å². The second-order valence-corrected chi connectivity index (χ2v) is 6.60. The molecule has 2 aromatic rings. The molecule has 0 aromatic heterocycles. The Balaban J connectivity index is 2.01. The summed E-state index contributed by atoms with van der Waals surface area (Å²) >= 11 is 0. The van der Waals surface area contributed by atoms with Gasteiger partial charge in [0.2, 0.25) is 5.91 Å². The summed E-state index contributed by atoms with van der Waals surface area (Å²) < 4.78 is 0. The van der Waals surface area contributed by atoms with Gasteiger partial charge in [-0.25, -0.2) is 0 Å². The van der Waals surface area contributed by atoms with Gasteiger partial charge in [-0.1, -0.05) is 29.8 Å². The van der Waals surface area contributed by atoms with E-state index in [1.165, 1.54) is 0 Å². The molecule has 0 fully saturated rings. The van der Waals surface area contributed by atoms with Crippen LogP contribution in [0.1, 0.15) is 46.5 Å². The van der Waals surface area contributed by atoms with E-state index in [1.54, 1.807) is 36.4 Å². The van der Waals surface area contributed by atoms with Gasteiger partial charge < -0.3 is 16.0 Å². The second-order valence-electron chi connectivity index (χ2n) is 6.60. The molecular weight excluding hydrogens is 342 g/mol. The standard InChI is InChI=1S/C21H25N3O3/c1-14(2)23-19(25)11-12-22-21(27)17-9-4-5-10-18(17)24-20(26)16-8-6-7-15(3)13-16/h4-10,13-14H,11-12H2,1-3H3,(H,22,27)(H,23,25)(H,24,26). The molecule has 2 rings (SSSR count). The molecule has 0 saturated heterocycles. The van der Waals surface area contributed by atoms with Crippen molar-refractivity contribution in [2.45, 2.75) is 33.2 Å². The van der Waals surface area contributed by atoms with Crippen molar-refractivity contribution in [2.75, 3.05) is 11.9 Å². The summed E-state index contributed by atoms with van der Waals surface area (Å²) in [5.41, 5.74) is 2.28. The van der Waals surface area contributed by atoms with Crippen LogP contribution in [0.2, 0.25) is 0 Å². The van der Waals surface area contributed by atoms with Crippen LogP contribution in [0.3, 0.4) is 0 Å². The predicted octanol–water partition coefficient (Wildman–Crippen LogP) is 2.89. The summed E-state index contributed by atoms with van der Waals surface area (Å²) in [6.45, 7) is 5.89. The molecule has 142 valence electrons. The highest BCUT2D eigenvalue weighted by Gasteiger charge is 2.14. The minimum absolute atomic E-state index is 0.0609. The molecule has 0 saturated carbocycles. The maximum atomic E-state index is 12.5. The highest BCUT2D eigenvalue weighted by Crippen LogP contribution is 2.16. The molecular formula is C21H25N3O3. The fourth-order valence-electron chi connectivity index (χ4n) is 2.55. The lowest BCUT2D eigenvalue weighted by Crippen LogP contribution is -2.34. The quantitative estimate of drug-likeness (QED) is 0.703. The van der Waals surface area contributed by atoms with E-state index >= 15 is 0 Å². The van der Waals surface area contributed by atoms with Crippen LogP contribution in [0.5, 0.6) is 0 Å². The summed E-state index contributed by atoms with van der Waals surface area (Å²) in [5.74, 6) is -0.742. The molecule has 0 atom stereocenters. The molecule has 6 nitrogen and oxygen atoms in total. The minimum Gasteiger partial charge on any atom is -0.354 e. The Morgan fingerprint density at radius 3 is 2.41 bits per heavy atom. The maximum Gasteiger partial charge on any atom is 0.255 e. The molecule has 27 heavy (non-hydrogen) atoms. The average Bonchev–Trinajstić information content (AvgIpc) is 2.61. The number of anilines is 1. The van der Waals surface area contributed by atoms with E-state index in [0.717, 1.165) is 5.56 Å². The van der Waals surface area contributed by atoms with E-state index in [-0.39, 0.29) is 36.7 Å². The zero-order chi connectivity index (χ0) is 19.8. The number of hydrogen-bond donors (Lipinski definition) is 3. The maximum absolute atomic E-state index is 12.5.